The van der Waals surface area contributed by atoms with Crippen molar-refractivity contribution in [2.24, 2.45) is 14.1 Å². The van der Waals surface area contributed by atoms with Crippen LogP contribution in [0.5, 0.6) is 11.5 Å². The first-order valence-corrected chi connectivity index (χ1v) is 9.58. The molecule has 34 heavy (non-hydrogen) atoms. The van der Waals surface area contributed by atoms with Crippen molar-refractivity contribution >= 4 is 22.1 Å². The Kier molecular flexibility index (Phi) is 10.3. The minimum atomic E-state index is 0. The minimum absolute atomic E-state index is 0. The van der Waals surface area contributed by atoms with Gasteiger partial charge in [0.05, 0.1) is 36.3 Å². The third-order valence-corrected chi connectivity index (χ3v) is 5.38. The van der Waals surface area contributed by atoms with E-state index < -0.39 is 0 Å². The fraction of sp³-hybridized carbons (Fsp3) is 0.174. The van der Waals surface area contributed by atoms with E-state index in [-0.39, 0.29) is 55.8 Å². The fourth-order valence-electron chi connectivity index (χ4n) is 3.76. The second-order valence-electron chi connectivity index (χ2n) is 7.11. The number of benzene rings is 2. The number of hydrogen-bond donors (Lipinski definition) is 0. The van der Waals surface area contributed by atoms with E-state index in [1.54, 1.807) is 14.2 Å². The van der Waals surface area contributed by atoms with Crippen LogP contribution < -0.4 is 46.7 Å². The average Bonchev–Trinajstić information content (AvgIpc) is 3.30. The molecule has 0 aliphatic carbocycles. The van der Waals surface area contributed by atoms with Crippen LogP contribution in [0.25, 0.3) is 45.1 Å². The summed E-state index contributed by atoms with van der Waals surface area (Å²) in [6, 6.07) is 17.7. The maximum absolute atomic E-state index is 5.33. The molecule has 0 atom stereocenters. The van der Waals surface area contributed by atoms with Crippen LogP contribution in [0, 0.1) is 0 Å². The van der Waals surface area contributed by atoms with Gasteiger partial charge in [0.15, 0.2) is 11.6 Å². The topological polar surface area (TPSA) is 67.0 Å². The molecule has 5 rings (SSSR count). The van der Waals surface area contributed by atoms with Crippen molar-refractivity contribution < 1.29 is 65.3 Å². The Morgan fingerprint density at radius 2 is 1.03 bits per heavy atom. The Labute approximate surface area is 228 Å². The van der Waals surface area contributed by atoms with Crippen LogP contribution in [0.2, 0.25) is 0 Å². The number of ether oxygens (including phenoxy) is 2. The number of pyridine rings is 1. The Morgan fingerprint density at radius 3 is 1.41 bits per heavy atom. The fourth-order valence-corrected chi connectivity index (χ4v) is 3.76. The van der Waals surface area contributed by atoms with E-state index in [4.69, 9.17) is 24.4 Å². The first-order chi connectivity index (χ1) is 14.6. The molecule has 0 unspecified atom stereocenters. The molecule has 0 saturated heterocycles. The van der Waals surface area contributed by atoms with Gasteiger partial charge in [-0.3, -0.25) is 0 Å². The van der Waals surface area contributed by atoms with E-state index in [1.165, 1.54) is 0 Å². The first kappa shape index (κ1) is 29.6. The van der Waals surface area contributed by atoms with E-state index in [9.17, 15) is 0 Å². The summed E-state index contributed by atoms with van der Waals surface area (Å²) in [6.45, 7) is 0. The monoisotopic (exact) mass is 555 g/mol. The summed E-state index contributed by atoms with van der Waals surface area (Å²) in [5.41, 5.74) is 5.35. The summed E-state index contributed by atoms with van der Waals surface area (Å²) in [5.74, 6) is 3.15. The summed E-state index contributed by atoms with van der Waals surface area (Å²) in [6.07, 6.45) is 0. The van der Waals surface area contributed by atoms with Gasteiger partial charge < -0.3 is 55.8 Å². The van der Waals surface area contributed by atoms with Crippen LogP contribution in [0.3, 0.4) is 0 Å². The zero-order valence-corrected chi connectivity index (χ0v) is 22.5. The second-order valence-corrected chi connectivity index (χ2v) is 7.11. The Morgan fingerprint density at radius 1 is 0.618 bits per heavy atom. The molecule has 11 heteroatoms. The molecule has 0 spiro atoms. The number of nitrogens with zero attached hydrogens (tertiary/aromatic N) is 5. The van der Waals surface area contributed by atoms with Gasteiger partial charge in [0.1, 0.15) is 22.9 Å². The van der Waals surface area contributed by atoms with Crippen molar-refractivity contribution in [2.45, 2.75) is 0 Å². The van der Waals surface area contributed by atoms with E-state index >= 15 is 0 Å². The van der Waals surface area contributed by atoms with Crippen molar-refractivity contribution in [3.8, 4) is 34.5 Å². The predicted octanol–water partition coefficient (Wildman–Crippen LogP) is -4.78. The summed E-state index contributed by atoms with van der Waals surface area (Å²) < 4.78 is 14.7. The zero-order chi connectivity index (χ0) is 20.8. The van der Waals surface area contributed by atoms with Crippen molar-refractivity contribution in [3.63, 3.8) is 0 Å². The molecule has 0 aliphatic heterocycles. The van der Waals surface area contributed by atoms with Crippen LogP contribution >= 0.6 is 0 Å². The smallest absolute Gasteiger partial charge is 0.159 e. The molecule has 0 saturated carbocycles. The van der Waals surface area contributed by atoms with Gasteiger partial charge in [-0.2, -0.15) is 0 Å². The normalized spacial score (nSPS) is 10.0. The van der Waals surface area contributed by atoms with Gasteiger partial charge in [-0.25, -0.2) is 15.0 Å². The molecule has 0 bridgehead atoms. The van der Waals surface area contributed by atoms with Gasteiger partial charge in [-0.15, -0.1) is 0 Å². The van der Waals surface area contributed by atoms with Gasteiger partial charge in [0.2, 0.25) is 0 Å². The summed E-state index contributed by atoms with van der Waals surface area (Å²) in [4.78, 5) is 14.5. The number of fused-ring (bicyclic) bond motifs is 2. The van der Waals surface area contributed by atoms with Crippen molar-refractivity contribution in [3.05, 3.63) is 54.6 Å². The zero-order valence-electron chi connectivity index (χ0n) is 18.8. The van der Waals surface area contributed by atoms with Gasteiger partial charge in [-0.05, 0) is 36.4 Å². The van der Waals surface area contributed by atoms with Gasteiger partial charge in [-0.1, -0.05) is 6.07 Å². The Balaban J connectivity index is 0.00000144. The number of halogens is 3. The molecule has 0 aliphatic rings. The van der Waals surface area contributed by atoms with Crippen LogP contribution in [-0.4, -0.2) is 38.3 Å². The summed E-state index contributed by atoms with van der Waals surface area (Å²) in [5, 5.41) is 0. The molecule has 3 heterocycles. The first-order valence-electron chi connectivity index (χ1n) is 9.58. The van der Waals surface area contributed by atoms with E-state index in [0.717, 1.165) is 56.6 Å². The van der Waals surface area contributed by atoms with Crippen LogP contribution in [0.4, 0.5) is 0 Å². The SMILES string of the molecule is COc1ccc2c(c1)nc(-c1cccc(-c3nc4cc(OC)ccc4n3C)n1)n2C.[Cl-].[Cl-].[Cl-].[V]. The number of aryl methyl sites for hydroxylation is 2. The molecular formula is C23H21Cl3N5O2V-3. The standard InChI is InChI=1S/C23H21N5O2.3ClH.V/c1-27-20-10-8-14(29-3)12-18(20)25-22(27)16-6-5-7-17(24-16)23-26-19-13-15(30-4)9-11-21(19)28(23)2;;;;/h5-13H,1-4H3;3*1H;/p-3. The van der Waals surface area contributed by atoms with Crippen molar-refractivity contribution in [1.82, 2.24) is 24.1 Å². The van der Waals surface area contributed by atoms with Crippen molar-refractivity contribution in [1.29, 1.82) is 0 Å². The maximum Gasteiger partial charge on any atom is 0.159 e. The predicted molar refractivity (Wildman–Crippen MR) is 117 cm³/mol. The van der Waals surface area contributed by atoms with E-state index in [1.807, 2.05) is 77.8 Å². The molecule has 0 N–H and O–H groups in total. The van der Waals surface area contributed by atoms with Crippen LogP contribution in [-0.2, 0) is 32.7 Å². The Bertz CT molecular complexity index is 1320. The molecule has 0 fully saturated rings. The third kappa shape index (κ3) is 4.99. The maximum atomic E-state index is 5.33. The number of rotatable bonds is 4. The quantitative estimate of drug-likeness (QED) is 0.223. The number of methoxy groups -OCH3 is 2. The number of aromatic nitrogens is 5. The average molecular weight is 557 g/mol. The molecule has 3 aromatic heterocycles. The molecular weight excluding hydrogens is 536 g/mol. The molecule has 7 nitrogen and oxygen atoms in total. The van der Waals surface area contributed by atoms with Gasteiger partial charge in [0.25, 0.3) is 0 Å². The minimum Gasteiger partial charge on any atom is -1.00 e. The number of hydrogen-bond acceptors (Lipinski definition) is 5. The van der Waals surface area contributed by atoms with E-state index in [2.05, 4.69) is 0 Å². The molecule has 5 aromatic rings. The molecule has 1 radical (unpaired) electrons. The molecule has 2 aromatic carbocycles. The number of imidazole rings is 2. The second kappa shape index (κ2) is 11.8. The van der Waals surface area contributed by atoms with Crippen LogP contribution in [0.1, 0.15) is 0 Å². The van der Waals surface area contributed by atoms with Crippen LogP contribution in [0.15, 0.2) is 54.6 Å². The molecule has 179 valence electrons. The van der Waals surface area contributed by atoms with Gasteiger partial charge in [0, 0.05) is 44.8 Å². The third-order valence-electron chi connectivity index (χ3n) is 5.38. The van der Waals surface area contributed by atoms with Gasteiger partial charge >= 0.3 is 0 Å². The van der Waals surface area contributed by atoms with Crippen molar-refractivity contribution in [2.75, 3.05) is 14.2 Å². The summed E-state index contributed by atoms with van der Waals surface area (Å²) >= 11 is 0. The molecule has 0 amide bonds. The largest absolute Gasteiger partial charge is 1.00 e. The summed E-state index contributed by atoms with van der Waals surface area (Å²) in [7, 11) is 7.30. The van der Waals surface area contributed by atoms with E-state index in [0.29, 0.717) is 0 Å². The Hall–Kier alpha value is -2.42.